The number of nitriles is 1. The van der Waals surface area contributed by atoms with E-state index in [1.165, 1.54) is 0 Å². The summed E-state index contributed by atoms with van der Waals surface area (Å²) in [6.45, 7) is 1.56. The van der Waals surface area contributed by atoms with Crippen LogP contribution in [0.25, 0.3) is 6.08 Å². The van der Waals surface area contributed by atoms with Crippen molar-refractivity contribution in [1.29, 1.82) is 5.26 Å². The molecule has 26 heavy (non-hydrogen) atoms. The van der Waals surface area contributed by atoms with Gasteiger partial charge in [0.15, 0.2) is 6.61 Å². The number of amides is 1. The van der Waals surface area contributed by atoms with Gasteiger partial charge >= 0.3 is 0 Å². The Balaban J connectivity index is 1.79. The number of hydrogen-bond donors (Lipinski definition) is 1. The second kappa shape index (κ2) is 10.3. The number of carbonyl (C=O) groups is 1. The van der Waals surface area contributed by atoms with Gasteiger partial charge in [-0.2, -0.15) is 10.4 Å². The monoisotopic (exact) mass is 345 g/mol. The Bertz CT molecular complexity index is 862. The average molecular weight is 345 g/mol. The number of allylic oxidation sites excluding steroid dienone is 3. The van der Waals surface area contributed by atoms with Crippen LogP contribution in [-0.2, 0) is 4.79 Å². The maximum Gasteiger partial charge on any atom is 0.277 e. The molecule has 5 nitrogen and oxygen atoms in total. The van der Waals surface area contributed by atoms with E-state index in [9.17, 15) is 4.79 Å². The van der Waals surface area contributed by atoms with E-state index < -0.39 is 5.91 Å². The van der Waals surface area contributed by atoms with Crippen molar-refractivity contribution in [3.05, 3.63) is 84.0 Å². The van der Waals surface area contributed by atoms with Gasteiger partial charge in [0.25, 0.3) is 5.91 Å². The summed E-state index contributed by atoms with van der Waals surface area (Å²) >= 11 is 0. The standard InChI is InChI=1S/C21H19N3O2/c1-17(9-5-6-12-18-10-3-2-4-11-18)23-24-21(25)16-26-20-14-8-7-13-19(20)15-22/h2-14H,16H2,1H3,(H,24,25)/b9-5+,12-6+,23-17+. The fourth-order valence-electron chi connectivity index (χ4n) is 1.97. The van der Waals surface area contributed by atoms with Crippen LogP contribution >= 0.6 is 0 Å². The van der Waals surface area contributed by atoms with Crippen LogP contribution in [0.1, 0.15) is 18.1 Å². The molecule has 0 spiro atoms. The Morgan fingerprint density at radius 3 is 2.65 bits per heavy atom. The molecule has 0 saturated carbocycles. The third kappa shape index (κ3) is 6.46. The molecule has 0 aliphatic heterocycles. The second-order valence-electron chi connectivity index (χ2n) is 5.31. The Kier molecular flexibility index (Phi) is 7.38. The van der Waals surface area contributed by atoms with Crippen molar-refractivity contribution in [1.82, 2.24) is 5.43 Å². The van der Waals surface area contributed by atoms with Crippen molar-refractivity contribution in [2.45, 2.75) is 6.92 Å². The van der Waals surface area contributed by atoms with Crippen LogP contribution in [0.15, 0.2) is 77.9 Å². The molecule has 0 radical (unpaired) electrons. The number of para-hydroxylation sites is 1. The maximum atomic E-state index is 11.8. The Hall–Kier alpha value is -3.65. The lowest BCUT2D eigenvalue weighted by Crippen LogP contribution is -2.25. The first-order valence-electron chi connectivity index (χ1n) is 8.04. The normalized spacial score (nSPS) is 11.5. The minimum absolute atomic E-state index is 0.215. The first-order chi connectivity index (χ1) is 12.7. The summed E-state index contributed by atoms with van der Waals surface area (Å²) in [5.74, 6) is -0.0258. The van der Waals surface area contributed by atoms with Crippen molar-refractivity contribution >= 4 is 17.7 Å². The fourth-order valence-corrected chi connectivity index (χ4v) is 1.97. The zero-order chi connectivity index (χ0) is 18.6. The first kappa shape index (κ1) is 18.7. The Morgan fingerprint density at radius 1 is 1.15 bits per heavy atom. The van der Waals surface area contributed by atoms with Crippen LogP contribution in [0.5, 0.6) is 5.75 Å². The first-order valence-corrected chi connectivity index (χ1v) is 8.04. The van der Waals surface area contributed by atoms with Crippen LogP contribution in [0, 0.1) is 11.3 Å². The predicted molar refractivity (Wildman–Crippen MR) is 103 cm³/mol. The molecule has 1 amide bonds. The summed E-state index contributed by atoms with van der Waals surface area (Å²) in [6.07, 6.45) is 7.50. The molecule has 0 aromatic heterocycles. The van der Waals surface area contributed by atoms with Crippen LogP contribution in [-0.4, -0.2) is 18.2 Å². The van der Waals surface area contributed by atoms with Crippen LogP contribution in [0.2, 0.25) is 0 Å². The van der Waals surface area contributed by atoms with Gasteiger partial charge in [-0.15, -0.1) is 0 Å². The van der Waals surface area contributed by atoms with Gasteiger partial charge < -0.3 is 4.74 Å². The summed E-state index contributed by atoms with van der Waals surface area (Å²) in [7, 11) is 0. The highest BCUT2D eigenvalue weighted by Gasteiger charge is 2.05. The van der Waals surface area contributed by atoms with Crippen molar-refractivity contribution in [2.75, 3.05) is 6.61 Å². The average Bonchev–Trinajstić information content (AvgIpc) is 2.69. The van der Waals surface area contributed by atoms with Crippen molar-refractivity contribution in [3.63, 3.8) is 0 Å². The third-order valence-electron chi connectivity index (χ3n) is 3.26. The molecular formula is C21H19N3O2. The molecular weight excluding hydrogens is 326 g/mol. The quantitative estimate of drug-likeness (QED) is 0.472. The van der Waals surface area contributed by atoms with Crippen molar-refractivity contribution in [2.24, 2.45) is 5.10 Å². The highest BCUT2D eigenvalue weighted by molar-refractivity contribution is 5.94. The molecule has 130 valence electrons. The maximum absolute atomic E-state index is 11.8. The van der Waals surface area contributed by atoms with E-state index in [2.05, 4.69) is 10.5 Å². The highest BCUT2D eigenvalue weighted by Crippen LogP contribution is 2.16. The number of hydrazone groups is 1. The number of carbonyl (C=O) groups excluding carboxylic acids is 1. The van der Waals surface area contributed by atoms with E-state index in [1.807, 2.05) is 54.6 Å². The summed E-state index contributed by atoms with van der Waals surface area (Å²) in [4.78, 5) is 11.8. The molecule has 0 atom stereocenters. The summed E-state index contributed by atoms with van der Waals surface area (Å²) in [5, 5.41) is 12.9. The Morgan fingerprint density at radius 2 is 1.88 bits per heavy atom. The van der Waals surface area contributed by atoms with E-state index in [4.69, 9.17) is 10.00 Å². The van der Waals surface area contributed by atoms with Gasteiger partial charge in [0, 0.05) is 0 Å². The molecule has 2 rings (SSSR count). The highest BCUT2D eigenvalue weighted by atomic mass is 16.5. The van der Waals surface area contributed by atoms with E-state index >= 15 is 0 Å². The van der Waals surface area contributed by atoms with E-state index in [0.717, 1.165) is 5.56 Å². The number of hydrogen-bond acceptors (Lipinski definition) is 4. The molecule has 0 heterocycles. The van der Waals surface area contributed by atoms with Gasteiger partial charge in [-0.3, -0.25) is 4.79 Å². The third-order valence-corrected chi connectivity index (χ3v) is 3.26. The largest absolute Gasteiger partial charge is 0.482 e. The molecule has 0 saturated heterocycles. The fraction of sp³-hybridized carbons (Fsp3) is 0.0952. The lowest BCUT2D eigenvalue weighted by Gasteiger charge is -2.06. The zero-order valence-electron chi connectivity index (χ0n) is 14.4. The zero-order valence-corrected chi connectivity index (χ0v) is 14.4. The molecule has 0 aliphatic carbocycles. The summed E-state index contributed by atoms with van der Waals surface area (Å²) in [6, 6.07) is 18.7. The van der Waals surface area contributed by atoms with Crippen molar-refractivity contribution < 1.29 is 9.53 Å². The lowest BCUT2D eigenvalue weighted by molar-refractivity contribution is -0.123. The molecule has 1 N–H and O–H groups in total. The van der Waals surface area contributed by atoms with Crippen LogP contribution in [0.4, 0.5) is 0 Å². The molecule has 0 bridgehead atoms. The van der Waals surface area contributed by atoms with Gasteiger partial charge in [-0.25, -0.2) is 5.43 Å². The molecule has 0 unspecified atom stereocenters. The number of ether oxygens (including phenoxy) is 1. The number of nitrogens with one attached hydrogen (secondary N) is 1. The Labute approximate surface area is 152 Å². The predicted octanol–water partition coefficient (Wildman–Crippen LogP) is 3.70. The van der Waals surface area contributed by atoms with Crippen molar-refractivity contribution in [3.8, 4) is 11.8 Å². The van der Waals surface area contributed by atoms with Gasteiger partial charge in [0.05, 0.1) is 11.3 Å². The lowest BCUT2D eigenvalue weighted by atomic mass is 10.2. The van der Waals surface area contributed by atoms with E-state index in [1.54, 1.807) is 37.3 Å². The number of nitrogens with zero attached hydrogens (tertiary/aromatic N) is 2. The van der Waals surface area contributed by atoms with Gasteiger partial charge in [0.1, 0.15) is 11.8 Å². The SMILES string of the molecule is CC(/C=C/C=C/c1ccccc1)=N\NC(=O)COc1ccccc1C#N. The molecule has 2 aromatic carbocycles. The van der Waals surface area contributed by atoms with E-state index in [0.29, 0.717) is 17.0 Å². The second-order valence-corrected chi connectivity index (χ2v) is 5.31. The van der Waals surface area contributed by atoms with Crippen LogP contribution < -0.4 is 10.2 Å². The molecule has 5 heteroatoms. The summed E-state index contributed by atoms with van der Waals surface area (Å²) in [5.41, 5.74) is 4.55. The minimum Gasteiger partial charge on any atom is -0.482 e. The van der Waals surface area contributed by atoms with Crippen LogP contribution in [0.3, 0.4) is 0 Å². The molecule has 0 fully saturated rings. The molecule has 2 aromatic rings. The smallest absolute Gasteiger partial charge is 0.277 e. The topological polar surface area (TPSA) is 74.5 Å². The minimum atomic E-state index is -0.398. The summed E-state index contributed by atoms with van der Waals surface area (Å²) < 4.78 is 5.34. The van der Waals surface area contributed by atoms with Gasteiger partial charge in [0.2, 0.25) is 0 Å². The molecule has 0 aliphatic rings. The number of benzene rings is 2. The van der Waals surface area contributed by atoms with E-state index in [-0.39, 0.29) is 6.61 Å². The van der Waals surface area contributed by atoms with Gasteiger partial charge in [-0.1, -0.05) is 60.7 Å². The number of rotatable bonds is 7. The van der Waals surface area contributed by atoms with Gasteiger partial charge in [-0.05, 0) is 30.7 Å².